The van der Waals surface area contributed by atoms with E-state index in [4.69, 9.17) is 16.6 Å². The van der Waals surface area contributed by atoms with Gasteiger partial charge in [0.2, 0.25) is 0 Å². The van der Waals surface area contributed by atoms with Crippen LogP contribution in [0.4, 0.5) is 0 Å². The Morgan fingerprint density at radius 1 is 1.37 bits per heavy atom. The maximum atomic E-state index is 5.94. The van der Waals surface area contributed by atoms with Gasteiger partial charge >= 0.3 is 0 Å². The summed E-state index contributed by atoms with van der Waals surface area (Å²) in [5.74, 6) is 2.41. The molecule has 2 unspecified atom stereocenters. The number of hydrogen-bond donors (Lipinski definition) is 0. The Morgan fingerprint density at radius 2 is 2.21 bits per heavy atom. The normalized spacial score (nSPS) is 23.9. The number of aromatic nitrogens is 3. The Labute approximate surface area is 119 Å². The molecule has 2 aromatic heterocycles. The first-order valence-electron chi connectivity index (χ1n) is 7.19. The molecular formula is C15H20ClN3. The van der Waals surface area contributed by atoms with Crippen LogP contribution in [0, 0.1) is 5.92 Å². The molecule has 2 heterocycles. The van der Waals surface area contributed by atoms with Crippen molar-refractivity contribution in [2.75, 3.05) is 5.88 Å². The zero-order chi connectivity index (χ0) is 13.2. The van der Waals surface area contributed by atoms with Crippen LogP contribution < -0.4 is 0 Å². The molecule has 0 radical (unpaired) electrons. The van der Waals surface area contributed by atoms with Crippen LogP contribution in [0.5, 0.6) is 0 Å². The minimum absolute atomic E-state index is 0.534. The first-order valence-corrected chi connectivity index (χ1v) is 7.72. The number of alkyl halides is 1. The quantitative estimate of drug-likeness (QED) is 0.795. The Balaban J connectivity index is 2.10. The van der Waals surface area contributed by atoms with Crippen molar-refractivity contribution in [3.8, 4) is 0 Å². The summed E-state index contributed by atoms with van der Waals surface area (Å²) in [7, 11) is 0. The fourth-order valence-corrected chi connectivity index (χ4v) is 3.44. The van der Waals surface area contributed by atoms with E-state index in [-0.39, 0.29) is 0 Å². The number of halogens is 1. The largest absolute Gasteiger partial charge is 0.309 e. The van der Waals surface area contributed by atoms with Gasteiger partial charge in [0, 0.05) is 24.5 Å². The average Bonchev–Trinajstić information content (AvgIpc) is 2.78. The van der Waals surface area contributed by atoms with Crippen LogP contribution in [-0.4, -0.2) is 20.4 Å². The summed E-state index contributed by atoms with van der Waals surface area (Å²) in [6.07, 6.45) is 7.87. The standard InChI is InChI=1S/C15H20ClN3/c1-11-5-2-3-7-13(11)19-14(8-9-16)18-12-6-4-10-17-15(12)19/h4,6,10-11,13H,2-3,5,7-9H2,1H3. The Kier molecular flexibility index (Phi) is 3.74. The maximum Gasteiger partial charge on any atom is 0.160 e. The lowest BCUT2D eigenvalue weighted by molar-refractivity contribution is 0.257. The van der Waals surface area contributed by atoms with E-state index in [1.807, 2.05) is 18.3 Å². The first-order chi connectivity index (χ1) is 9.31. The second-order valence-electron chi connectivity index (χ2n) is 5.51. The van der Waals surface area contributed by atoms with Crippen LogP contribution in [0.25, 0.3) is 11.2 Å². The SMILES string of the molecule is CC1CCCCC1n1c(CCCl)nc2cccnc21. The second kappa shape index (κ2) is 5.49. The summed E-state index contributed by atoms with van der Waals surface area (Å²) in [4.78, 5) is 9.28. The summed E-state index contributed by atoms with van der Waals surface area (Å²) < 4.78 is 2.36. The van der Waals surface area contributed by atoms with Gasteiger partial charge in [-0.1, -0.05) is 19.8 Å². The Bertz CT molecular complexity index is 564. The van der Waals surface area contributed by atoms with Crippen LogP contribution in [0.1, 0.15) is 44.5 Å². The molecule has 1 aliphatic carbocycles. The smallest absolute Gasteiger partial charge is 0.160 e. The highest BCUT2D eigenvalue weighted by molar-refractivity contribution is 6.17. The van der Waals surface area contributed by atoms with Gasteiger partial charge in [0.25, 0.3) is 0 Å². The van der Waals surface area contributed by atoms with Gasteiger partial charge in [-0.2, -0.15) is 0 Å². The highest BCUT2D eigenvalue weighted by atomic mass is 35.5. The molecule has 0 bridgehead atoms. The molecule has 3 rings (SSSR count). The number of aryl methyl sites for hydroxylation is 1. The number of fused-ring (bicyclic) bond motifs is 1. The zero-order valence-corrected chi connectivity index (χ0v) is 12.1. The predicted molar refractivity (Wildman–Crippen MR) is 78.6 cm³/mol. The molecule has 3 nitrogen and oxygen atoms in total. The number of imidazole rings is 1. The molecule has 2 atom stereocenters. The Morgan fingerprint density at radius 3 is 3.00 bits per heavy atom. The monoisotopic (exact) mass is 277 g/mol. The third-order valence-electron chi connectivity index (χ3n) is 4.24. The van der Waals surface area contributed by atoms with Crippen LogP contribution in [-0.2, 0) is 6.42 Å². The van der Waals surface area contributed by atoms with Gasteiger partial charge < -0.3 is 4.57 Å². The van der Waals surface area contributed by atoms with Crippen molar-refractivity contribution >= 4 is 22.8 Å². The van der Waals surface area contributed by atoms with E-state index >= 15 is 0 Å². The predicted octanol–water partition coefficient (Wildman–Crippen LogP) is 3.96. The summed E-state index contributed by atoms with van der Waals surface area (Å²) in [5.41, 5.74) is 2.03. The van der Waals surface area contributed by atoms with E-state index in [0.717, 1.165) is 23.4 Å². The summed E-state index contributed by atoms with van der Waals surface area (Å²) in [6.45, 7) is 2.35. The Hall–Kier alpha value is -1.09. The van der Waals surface area contributed by atoms with Gasteiger partial charge in [0.15, 0.2) is 5.65 Å². The number of rotatable bonds is 3. The second-order valence-corrected chi connectivity index (χ2v) is 5.89. The molecular weight excluding hydrogens is 258 g/mol. The topological polar surface area (TPSA) is 30.7 Å². The number of nitrogens with zero attached hydrogens (tertiary/aromatic N) is 3. The van der Waals surface area contributed by atoms with Crippen molar-refractivity contribution in [2.24, 2.45) is 5.92 Å². The molecule has 0 spiro atoms. The zero-order valence-electron chi connectivity index (χ0n) is 11.3. The highest BCUT2D eigenvalue weighted by Gasteiger charge is 2.26. The van der Waals surface area contributed by atoms with Gasteiger partial charge in [0.05, 0.1) is 0 Å². The van der Waals surface area contributed by atoms with Crippen molar-refractivity contribution in [3.63, 3.8) is 0 Å². The molecule has 19 heavy (non-hydrogen) atoms. The molecule has 1 saturated carbocycles. The fourth-order valence-electron chi connectivity index (χ4n) is 3.27. The van der Waals surface area contributed by atoms with Crippen LogP contribution in [0.2, 0.25) is 0 Å². The van der Waals surface area contributed by atoms with Gasteiger partial charge in [-0.25, -0.2) is 9.97 Å². The molecule has 0 amide bonds. The minimum Gasteiger partial charge on any atom is -0.309 e. The third kappa shape index (κ3) is 2.36. The van der Waals surface area contributed by atoms with E-state index in [1.54, 1.807) is 0 Å². The molecule has 1 aliphatic rings. The lowest BCUT2D eigenvalue weighted by Crippen LogP contribution is -2.23. The molecule has 0 saturated heterocycles. The van der Waals surface area contributed by atoms with E-state index < -0.39 is 0 Å². The molecule has 1 fully saturated rings. The molecule has 0 aromatic carbocycles. The van der Waals surface area contributed by atoms with Gasteiger partial charge in [-0.05, 0) is 30.9 Å². The highest BCUT2D eigenvalue weighted by Crippen LogP contribution is 2.36. The van der Waals surface area contributed by atoms with Crippen molar-refractivity contribution in [1.29, 1.82) is 0 Å². The molecule has 4 heteroatoms. The van der Waals surface area contributed by atoms with Crippen LogP contribution in [0.15, 0.2) is 18.3 Å². The third-order valence-corrected chi connectivity index (χ3v) is 4.43. The van der Waals surface area contributed by atoms with Crippen LogP contribution in [0.3, 0.4) is 0 Å². The maximum absolute atomic E-state index is 5.94. The summed E-state index contributed by atoms with van der Waals surface area (Å²) >= 11 is 5.94. The molecule has 0 aliphatic heterocycles. The first kappa shape index (κ1) is 12.9. The summed E-state index contributed by atoms with van der Waals surface area (Å²) in [5, 5.41) is 0. The van der Waals surface area contributed by atoms with Crippen molar-refractivity contribution < 1.29 is 0 Å². The van der Waals surface area contributed by atoms with E-state index in [9.17, 15) is 0 Å². The van der Waals surface area contributed by atoms with Gasteiger partial charge in [-0.3, -0.25) is 0 Å². The van der Waals surface area contributed by atoms with Crippen LogP contribution >= 0.6 is 11.6 Å². The molecule has 2 aromatic rings. The fraction of sp³-hybridized carbons (Fsp3) is 0.600. The molecule has 102 valence electrons. The van der Waals surface area contributed by atoms with E-state index in [0.29, 0.717) is 17.8 Å². The van der Waals surface area contributed by atoms with Crippen molar-refractivity contribution in [3.05, 3.63) is 24.2 Å². The van der Waals surface area contributed by atoms with Gasteiger partial charge in [0.1, 0.15) is 11.3 Å². The van der Waals surface area contributed by atoms with Crippen molar-refractivity contribution in [2.45, 2.75) is 45.1 Å². The minimum atomic E-state index is 0.534. The van der Waals surface area contributed by atoms with Crippen molar-refractivity contribution in [1.82, 2.24) is 14.5 Å². The van der Waals surface area contributed by atoms with E-state index in [2.05, 4.69) is 16.5 Å². The van der Waals surface area contributed by atoms with E-state index in [1.165, 1.54) is 25.7 Å². The number of hydrogen-bond acceptors (Lipinski definition) is 2. The van der Waals surface area contributed by atoms with Gasteiger partial charge in [-0.15, -0.1) is 11.6 Å². The lowest BCUT2D eigenvalue weighted by Gasteiger charge is -2.31. The molecule has 0 N–H and O–H groups in total. The summed E-state index contributed by atoms with van der Waals surface area (Å²) in [6, 6.07) is 4.53. The average molecular weight is 278 g/mol. The number of pyridine rings is 1. The lowest BCUT2D eigenvalue weighted by atomic mass is 9.85.